The highest BCUT2D eigenvalue weighted by molar-refractivity contribution is 6.31. The third kappa shape index (κ3) is 6.04. The van der Waals surface area contributed by atoms with Gasteiger partial charge >= 0.3 is 6.09 Å². The number of nitrogens with zero attached hydrogens (tertiary/aromatic N) is 2. The van der Waals surface area contributed by atoms with Crippen molar-refractivity contribution >= 4 is 35.4 Å². The van der Waals surface area contributed by atoms with E-state index in [2.05, 4.69) is 10.2 Å². The van der Waals surface area contributed by atoms with E-state index in [1.54, 1.807) is 35.2 Å². The first-order valence-electron chi connectivity index (χ1n) is 9.14. The van der Waals surface area contributed by atoms with Crippen LogP contribution in [0.3, 0.4) is 0 Å². The number of carbonyl (C=O) groups excluding carboxylic acids is 1. The van der Waals surface area contributed by atoms with Crippen LogP contribution in [0, 0.1) is 5.82 Å². The Morgan fingerprint density at radius 2 is 1.79 bits per heavy atom. The summed E-state index contributed by atoms with van der Waals surface area (Å²) in [5, 5.41) is 11.6. The largest absolute Gasteiger partial charge is 0.465 e. The zero-order valence-electron chi connectivity index (χ0n) is 15.6. The molecule has 2 aromatic rings. The molecule has 1 fully saturated rings. The van der Waals surface area contributed by atoms with E-state index in [0.29, 0.717) is 35.9 Å². The van der Waals surface area contributed by atoms with Crippen LogP contribution in [0.15, 0.2) is 48.5 Å². The minimum absolute atomic E-state index is 0.136. The molecule has 0 spiro atoms. The van der Waals surface area contributed by atoms with Crippen LogP contribution in [-0.4, -0.2) is 53.1 Å². The van der Waals surface area contributed by atoms with Crippen molar-refractivity contribution in [3.8, 4) is 0 Å². The topological polar surface area (TPSA) is 72.9 Å². The second kappa shape index (κ2) is 9.54. The molecule has 6 nitrogen and oxygen atoms in total. The highest BCUT2D eigenvalue weighted by Gasteiger charge is 2.19. The Bertz CT molecular complexity index is 910. The number of hydrogen-bond donors (Lipinski definition) is 2. The van der Waals surface area contributed by atoms with E-state index >= 15 is 0 Å². The quantitative estimate of drug-likeness (QED) is 0.723. The number of carboxylic acid groups (broad SMARTS) is 1. The molecule has 2 N–H and O–H groups in total. The molecule has 0 saturated carbocycles. The molecule has 152 valence electrons. The fourth-order valence-corrected chi connectivity index (χ4v) is 3.31. The van der Waals surface area contributed by atoms with Gasteiger partial charge < -0.3 is 10.0 Å². The summed E-state index contributed by atoms with van der Waals surface area (Å²) in [5.41, 5.74) is 1.91. The molecule has 1 heterocycles. The minimum atomic E-state index is -1.20. The lowest BCUT2D eigenvalue weighted by atomic mass is 10.1. The molecule has 0 bridgehead atoms. The Kier molecular flexibility index (Phi) is 6.85. The van der Waals surface area contributed by atoms with Gasteiger partial charge in [0.2, 0.25) is 5.91 Å². The van der Waals surface area contributed by atoms with Crippen LogP contribution in [-0.2, 0) is 11.3 Å². The average Bonchev–Trinajstić information content (AvgIpc) is 2.69. The monoisotopic (exact) mass is 417 g/mol. The number of amides is 2. The molecule has 2 amide bonds. The fraction of sp³-hybridized carbons (Fsp3) is 0.238. The van der Waals surface area contributed by atoms with Crippen LogP contribution in [0.1, 0.15) is 11.1 Å². The molecular formula is C21H21ClFN3O3. The van der Waals surface area contributed by atoms with Crippen LogP contribution >= 0.6 is 11.6 Å². The summed E-state index contributed by atoms with van der Waals surface area (Å²) in [7, 11) is 0. The number of halogens is 2. The van der Waals surface area contributed by atoms with Crippen molar-refractivity contribution in [2.45, 2.75) is 6.54 Å². The second-order valence-electron chi connectivity index (χ2n) is 6.72. The smallest absolute Gasteiger partial charge is 0.409 e. The fourth-order valence-electron chi connectivity index (χ4n) is 3.14. The number of piperazine rings is 1. The zero-order chi connectivity index (χ0) is 20.8. The highest BCUT2D eigenvalue weighted by Crippen LogP contribution is 2.22. The van der Waals surface area contributed by atoms with E-state index in [1.807, 2.05) is 0 Å². The second-order valence-corrected chi connectivity index (χ2v) is 7.16. The Labute approximate surface area is 173 Å². The lowest BCUT2D eigenvalue weighted by molar-refractivity contribution is -0.127. The number of hydrogen-bond acceptors (Lipinski definition) is 3. The molecule has 8 heteroatoms. The summed E-state index contributed by atoms with van der Waals surface area (Å²) in [6, 6.07) is 11.2. The van der Waals surface area contributed by atoms with Crippen molar-refractivity contribution in [2.75, 3.05) is 31.5 Å². The van der Waals surface area contributed by atoms with Crippen molar-refractivity contribution in [3.63, 3.8) is 0 Å². The van der Waals surface area contributed by atoms with Crippen LogP contribution in [0.2, 0.25) is 5.02 Å². The summed E-state index contributed by atoms with van der Waals surface area (Å²) >= 11 is 5.91. The summed E-state index contributed by atoms with van der Waals surface area (Å²) in [6.07, 6.45) is 1.81. The van der Waals surface area contributed by atoms with E-state index in [0.717, 1.165) is 18.7 Å². The first kappa shape index (κ1) is 20.8. The molecule has 29 heavy (non-hydrogen) atoms. The van der Waals surface area contributed by atoms with Crippen molar-refractivity contribution in [2.24, 2.45) is 0 Å². The van der Waals surface area contributed by atoms with Crippen molar-refractivity contribution in [1.82, 2.24) is 9.80 Å². The van der Waals surface area contributed by atoms with E-state index in [4.69, 9.17) is 16.7 Å². The van der Waals surface area contributed by atoms with Gasteiger partial charge in [0.25, 0.3) is 0 Å². The maximum Gasteiger partial charge on any atom is 0.409 e. The lowest BCUT2D eigenvalue weighted by Crippen LogP contribution is -2.47. The standard InChI is InChI=1S/C21H21ClFN3O3/c22-17-5-3-16(19(13-17)24-21(28)29)4-8-20(27)26-11-9-25(10-12-26)14-15-1-6-18(23)7-2-15/h1-8,13,24H,9-12,14H2,(H,28,29)/b8-4+. The predicted molar refractivity (Wildman–Crippen MR) is 110 cm³/mol. The van der Waals surface area contributed by atoms with Crippen molar-refractivity contribution < 1.29 is 19.1 Å². The summed E-state index contributed by atoms with van der Waals surface area (Å²) in [4.78, 5) is 27.4. The zero-order valence-corrected chi connectivity index (χ0v) is 16.4. The van der Waals surface area contributed by atoms with Crippen LogP contribution in [0.25, 0.3) is 6.08 Å². The molecule has 3 rings (SSSR count). The van der Waals surface area contributed by atoms with Crippen LogP contribution in [0.4, 0.5) is 14.9 Å². The summed E-state index contributed by atoms with van der Waals surface area (Å²) < 4.78 is 13.0. The van der Waals surface area contributed by atoms with Gasteiger partial charge in [-0.05, 0) is 41.5 Å². The van der Waals surface area contributed by atoms with Gasteiger partial charge in [-0.3, -0.25) is 15.0 Å². The Morgan fingerprint density at radius 1 is 1.10 bits per heavy atom. The van der Waals surface area contributed by atoms with Gasteiger partial charge in [-0.15, -0.1) is 0 Å². The molecule has 0 atom stereocenters. The van der Waals surface area contributed by atoms with Crippen LogP contribution in [0.5, 0.6) is 0 Å². The molecule has 1 aliphatic heterocycles. The maximum atomic E-state index is 13.0. The molecule has 0 radical (unpaired) electrons. The average molecular weight is 418 g/mol. The normalized spacial score (nSPS) is 14.9. The highest BCUT2D eigenvalue weighted by atomic mass is 35.5. The molecule has 0 unspecified atom stereocenters. The third-order valence-electron chi connectivity index (χ3n) is 4.67. The van der Waals surface area contributed by atoms with Gasteiger partial charge in [0.15, 0.2) is 0 Å². The number of anilines is 1. The van der Waals surface area contributed by atoms with E-state index < -0.39 is 6.09 Å². The first-order valence-corrected chi connectivity index (χ1v) is 9.52. The molecule has 0 aliphatic carbocycles. The summed E-state index contributed by atoms with van der Waals surface area (Å²) in [5.74, 6) is -0.388. The minimum Gasteiger partial charge on any atom is -0.465 e. The lowest BCUT2D eigenvalue weighted by Gasteiger charge is -2.34. The van der Waals surface area contributed by atoms with Gasteiger partial charge in [-0.1, -0.05) is 29.8 Å². The molecule has 2 aromatic carbocycles. The van der Waals surface area contributed by atoms with Crippen molar-refractivity contribution in [3.05, 3.63) is 70.5 Å². The number of carbonyl (C=O) groups is 2. The number of rotatable bonds is 5. The number of benzene rings is 2. The molecule has 0 aromatic heterocycles. The molecule has 1 aliphatic rings. The molecule has 1 saturated heterocycles. The van der Waals surface area contributed by atoms with Gasteiger partial charge in [-0.2, -0.15) is 0 Å². The Morgan fingerprint density at radius 3 is 2.45 bits per heavy atom. The first-order chi connectivity index (χ1) is 13.9. The SMILES string of the molecule is O=C(O)Nc1cc(Cl)ccc1/C=C/C(=O)N1CCN(Cc2ccc(F)cc2)CC1. The predicted octanol–water partition coefficient (Wildman–Crippen LogP) is 3.93. The van der Waals surface area contributed by atoms with Gasteiger partial charge in [-0.25, -0.2) is 9.18 Å². The molecular weight excluding hydrogens is 397 g/mol. The Balaban J connectivity index is 1.56. The van der Waals surface area contributed by atoms with Gasteiger partial charge in [0.1, 0.15) is 5.82 Å². The number of nitrogens with one attached hydrogen (secondary N) is 1. The summed E-state index contributed by atoms with van der Waals surface area (Å²) in [6.45, 7) is 3.34. The maximum absolute atomic E-state index is 13.0. The third-order valence-corrected chi connectivity index (χ3v) is 4.90. The van der Waals surface area contributed by atoms with E-state index in [-0.39, 0.29) is 11.7 Å². The Hall–Kier alpha value is -2.90. The van der Waals surface area contributed by atoms with Crippen LogP contribution < -0.4 is 5.32 Å². The van der Waals surface area contributed by atoms with Crippen molar-refractivity contribution in [1.29, 1.82) is 0 Å². The van der Waals surface area contributed by atoms with E-state index in [9.17, 15) is 14.0 Å². The van der Waals surface area contributed by atoms with Gasteiger partial charge in [0, 0.05) is 43.8 Å². The van der Waals surface area contributed by atoms with Gasteiger partial charge in [0.05, 0.1) is 5.69 Å². The van der Waals surface area contributed by atoms with E-state index in [1.165, 1.54) is 24.3 Å².